The normalized spacial score (nSPS) is 10.5. The molecule has 0 unspecified atom stereocenters. The van der Waals surface area contributed by atoms with E-state index in [1.807, 2.05) is 24.3 Å². The molecule has 1 N–H and O–H groups in total. The van der Waals surface area contributed by atoms with Crippen molar-refractivity contribution in [3.8, 4) is 6.07 Å². The second-order valence-electron chi connectivity index (χ2n) is 4.54. The van der Waals surface area contributed by atoms with Crippen LogP contribution in [0.15, 0.2) is 52.8 Å². The van der Waals surface area contributed by atoms with E-state index < -0.39 is 0 Å². The van der Waals surface area contributed by atoms with Crippen molar-refractivity contribution in [3.63, 3.8) is 0 Å². The van der Waals surface area contributed by atoms with Gasteiger partial charge in [-0.25, -0.2) is 9.50 Å². The van der Waals surface area contributed by atoms with E-state index in [4.69, 9.17) is 5.26 Å². The first-order valence-electron chi connectivity index (χ1n) is 6.95. The Bertz CT molecular complexity index is 871. The number of thioether (sulfide) groups is 2. The smallest absolute Gasteiger partial charge is 0.253 e. The van der Waals surface area contributed by atoms with Crippen molar-refractivity contribution in [2.75, 3.05) is 16.8 Å². The Morgan fingerprint density at radius 2 is 2.17 bits per heavy atom. The number of anilines is 1. The van der Waals surface area contributed by atoms with Crippen molar-refractivity contribution in [2.45, 2.75) is 10.1 Å². The SMILES string of the molecule is N#CCSc1ccccc1NC(=O)CSc1nc2ncccn2n1. The van der Waals surface area contributed by atoms with E-state index in [9.17, 15) is 4.79 Å². The van der Waals surface area contributed by atoms with Crippen LogP contribution in [0.2, 0.25) is 0 Å². The van der Waals surface area contributed by atoms with Crippen LogP contribution in [0.25, 0.3) is 5.78 Å². The van der Waals surface area contributed by atoms with Gasteiger partial charge in [-0.2, -0.15) is 10.2 Å². The number of carbonyl (C=O) groups is 1. The molecule has 1 amide bonds. The molecule has 0 aliphatic rings. The second kappa shape index (κ2) is 7.81. The highest BCUT2D eigenvalue weighted by Gasteiger charge is 2.10. The van der Waals surface area contributed by atoms with E-state index in [0.717, 1.165) is 4.90 Å². The fourth-order valence-corrected chi connectivity index (χ4v) is 3.19. The minimum absolute atomic E-state index is 0.156. The molecule has 3 rings (SSSR count). The number of para-hydroxylation sites is 1. The Labute approximate surface area is 146 Å². The first-order valence-corrected chi connectivity index (χ1v) is 8.92. The fraction of sp³-hybridized carbons (Fsp3) is 0.133. The Hall–Kier alpha value is -2.57. The lowest BCUT2D eigenvalue weighted by molar-refractivity contribution is -0.113. The first kappa shape index (κ1) is 16.3. The van der Waals surface area contributed by atoms with Crippen molar-refractivity contribution in [1.82, 2.24) is 19.6 Å². The lowest BCUT2D eigenvalue weighted by Gasteiger charge is -2.08. The number of amides is 1. The van der Waals surface area contributed by atoms with Crippen LogP contribution in [0, 0.1) is 11.3 Å². The number of fused-ring (bicyclic) bond motifs is 1. The molecule has 0 atom stereocenters. The number of rotatable bonds is 6. The van der Waals surface area contributed by atoms with E-state index in [0.29, 0.717) is 22.4 Å². The summed E-state index contributed by atoms with van der Waals surface area (Å²) in [5.74, 6) is 0.865. The van der Waals surface area contributed by atoms with Crippen molar-refractivity contribution in [3.05, 3.63) is 42.7 Å². The molecular formula is C15H12N6OS2. The predicted molar refractivity (Wildman–Crippen MR) is 92.9 cm³/mol. The topological polar surface area (TPSA) is 96.0 Å². The zero-order valence-electron chi connectivity index (χ0n) is 12.4. The van der Waals surface area contributed by atoms with Gasteiger partial charge in [0.15, 0.2) is 0 Å². The minimum atomic E-state index is -0.156. The van der Waals surface area contributed by atoms with Crippen molar-refractivity contribution < 1.29 is 4.79 Å². The number of nitriles is 1. The highest BCUT2D eigenvalue weighted by atomic mass is 32.2. The maximum Gasteiger partial charge on any atom is 0.253 e. The largest absolute Gasteiger partial charge is 0.324 e. The summed E-state index contributed by atoms with van der Waals surface area (Å²) in [5, 5.41) is 16.3. The van der Waals surface area contributed by atoms with Gasteiger partial charge in [-0.3, -0.25) is 4.79 Å². The van der Waals surface area contributed by atoms with E-state index in [-0.39, 0.29) is 11.7 Å². The third kappa shape index (κ3) is 4.04. The molecule has 120 valence electrons. The van der Waals surface area contributed by atoms with Gasteiger partial charge in [0.1, 0.15) is 0 Å². The standard InChI is InChI=1S/C15H12N6OS2/c16-6-9-23-12-5-2-1-4-11(12)18-13(22)10-24-15-19-14-17-7-3-8-21(14)20-15/h1-5,7-8H,9-10H2,(H,18,22). The van der Waals surface area contributed by atoms with Gasteiger partial charge >= 0.3 is 0 Å². The highest BCUT2D eigenvalue weighted by molar-refractivity contribution is 8.00. The van der Waals surface area contributed by atoms with Gasteiger partial charge in [0.05, 0.1) is 23.3 Å². The van der Waals surface area contributed by atoms with Crippen molar-refractivity contribution in [1.29, 1.82) is 5.26 Å². The molecule has 24 heavy (non-hydrogen) atoms. The monoisotopic (exact) mass is 356 g/mol. The number of hydrogen-bond acceptors (Lipinski definition) is 7. The van der Waals surface area contributed by atoms with Gasteiger partial charge in [0.2, 0.25) is 11.1 Å². The first-order chi connectivity index (χ1) is 11.8. The summed E-state index contributed by atoms with van der Waals surface area (Å²) in [7, 11) is 0. The molecule has 0 saturated carbocycles. The molecule has 9 heteroatoms. The maximum absolute atomic E-state index is 12.1. The zero-order valence-corrected chi connectivity index (χ0v) is 14.0. The summed E-state index contributed by atoms with van der Waals surface area (Å²) < 4.78 is 1.56. The van der Waals surface area contributed by atoms with Gasteiger partial charge in [-0.15, -0.1) is 16.9 Å². The number of nitrogens with zero attached hydrogens (tertiary/aromatic N) is 5. The number of benzene rings is 1. The highest BCUT2D eigenvalue weighted by Crippen LogP contribution is 2.26. The summed E-state index contributed by atoms with van der Waals surface area (Å²) in [6, 6.07) is 11.2. The molecule has 0 radical (unpaired) electrons. The van der Waals surface area contributed by atoms with Crippen LogP contribution in [0.4, 0.5) is 5.69 Å². The molecule has 0 spiro atoms. The molecular weight excluding hydrogens is 344 g/mol. The van der Waals surface area contributed by atoms with Crippen molar-refractivity contribution in [2.24, 2.45) is 0 Å². The van der Waals surface area contributed by atoms with Gasteiger partial charge in [-0.1, -0.05) is 23.9 Å². The van der Waals surface area contributed by atoms with Crippen LogP contribution < -0.4 is 5.32 Å². The molecule has 0 aliphatic heterocycles. The van der Waals surface area contributed by atoms with E-state index in [1.54, 1.807) is 23.0 Å². The lowest BCUT2D eigenvalue weighted by atomic mass is 10.3. The lowest BCUT2D eigenvalue weighted by Crippen LogP contribution is -2.14. The Kier molecular flexibility index (Phi) is 5.30. The van der Waals surface area contributed by atoms with Crippen LogP contribution in [-0.4, -0.2) is 37.0 Å². The van der Waals surface area contributed by atoms with Crippen LogP contribution >= 0.6 is 23.5 Å². The van der Waals surface area contributed by atoms with Crippen LogP contribution in [0.5, 0.6) is 0 Å². The number of hydrogen-bond donors (Lipinski definition) is 1. The predicted octanol–water partition coefficient (Wildman–Crippen LogP) is 2.47. The number of aromatic nitrogens is 4. The van der Waals surface area contributed by atoms with E-state index in [2.05, 4.69) is 26.5 Å². The third-order valence-electron chi connectivity index (χ3n) is 2.88. The maximum atomic E-state index is 12.1. The Morgan fingerprint density at radius 3 is 3.00 bits per heavy atom. The average molecular weight is 356 g/mol. The van der Waals surface area contributed by atoms with E-state index in [1.165, 1.54) is 23.5 Å². The Balaban J connectivity index is 1.61. The Morgan fingerprint density at radius 1 is 1.29 bits per heavy atom. The second-order valence-corrected chi connectivity index (χ2v) is 6.50. The van der Waals surface area contributed by atoms with Crippen molar-refractivity contribution >= 4 is 40.9 Å². The third-order valence-corrected chi connectivity index (χ3v) is 4.66. The van der Waals surface area contributed by atoms with Crippen LogP contribution in [0.3, 0.4) is 0 Å². The zero-order chi connectivity index (χ0) is 16.8. The molecule has 0 fully saturated rings. The van der Waals surface area contributed by atoms with Crippen LogP contribution in [-0.2, 0) is 4.79 Å². The molecule has 0 saturated heterocycles. The number of nitrogens with one attached hydrogen (secondary N) is 1. The summed E-state index contributed by atoms with van der Waals surface area (Å²) in [5.41, 5.74) is 0.702. The summed E-state index contributed by atoms with van der Waals surface area (Å²) in [4.78, 5) is 21.3. The van der Waals surface area contributed by atoms with Gasteiger partial charge < -0.3 is 5.32 Å². The number of carbonyl (C=O) groups excluding carboxylic acids is 1. The molecule has 7 nitrogen and oxygen atoms in total. The summed E-state index contributed by atoms with van der Waals surface area (Å²) >= 11 is 2.63. The molecule has 0 bridgehead atoms. The molecule has 0 aliphatic carbocycles. The van der Waals surface area contributed by atoms with Gasteiger partial charge in [-0.05, 0) is 18.2 Å². The summed E-state index contributed by atoms with van der Waals surface area (Å²) in [6.45, 7) is 0. The van der Waals surface area contributed by atoms with Crippen LogP contribution in [0.1, 0.15) is 0 Å². The molecule has 2 heterocycles. The fourth-order valence-electron chi connectivity index (χ4n) is 1.90. The summed E-state index contributed by atoms with van der Waals surface area (Å²) in [6.07, 6.45) is 3.39. The average Bonchev–Trinajstić information content (AvgIpc) is 3.02. The van der Waals surface area contributed by atoms with Gasteiger partial charge in [0, 0.05) is 17.3 Å². The molecule has 2 aromatic heterocycles. The molecule has 3 aromatic rings. The van der Waals surface area contributed by atoms with Gasteiger partial charge in [0.25, 0.3) is 5.78 Å². The quantitative estimate of drug-likeness (QED) is 0.678. The van der Waals surface area contributed by atoms with E-state index >= 15 is 0 Å². The molecule has 1 aromatic carbocycles. The minimum Gasteiger partial charge on any atom is -0.324 e.